The van der Waals surface area contributed by atoms with E-state index in [4.69, 9.17) is 16.3 Å². The van der Waals surface area contributed by atoms with E-state index in [0.717, 1.165) is 16.8 Å². The fourth-order valence-electron chi connectivity index (χ4n) is 2.84. The van der Waals surface area contributed by atoms with Crippen molar-refractivity contribution >= 4 is 34.8 Å². The molecule has 0 bridgehead atoms. The zero-order valence-corrected chi connectivity index (χ0v) is 18.1. The molecular weight excluding hydrogens is 416 g/mol. The fourth-order valence-corrected chi connectivity index (χ4v) is 3.00. The molecule has 3 aromatic rings. The molecule has 0 aliphatic rings. The molecule has 162 valence electrons. The molecule has 0 amide bonds. The summed E-state index contributed by atoms with van der Waals surface area (Å²) in [4.78, 5) is 20.3. The normalized spacial score (nSPS) is 10.6. The molecule has 1 aromatic carbocycles. The quantitative estimate of drug-likeness (QED) is 0.324. The van der Waals surface area contributed by atoms with Crippen molar-refractivity contribution in [1.29, 1.82) is 0 Å². The van der Waals surface area contributed by atoms with Crippen LogP contribution in [0.5, 0.6) is 0 Å². The monoisotopic (exact) mass is 440 g/mol. The van der Waals surface area contributed by atoms with Gasteiger partial charge in [0.1, 0.15) is 5.02 Å². The predicted molar refractivity (Wildman–Crippen MR) is 122 cm³/mol. The highest BCUT2D eigenvalue weighted by atomic mass is 35.5. The van der Waals surface area contributed by atoms with Crippen LogP contribution in [0, 0.1) is 0 Å². The second-order valence-corrected chi connectivity index (χ2v) is 7.13. The average Bonchev–Trinajstić information content (AvgIpc) is 3.21. The molecule has 8 nitrogen and oxygen atoms in total. The first-order valence-electron chi connectivity index (χ1n) is 9.94. The van der Waals surface area contributed by atoms with Crippen molar-refractivity contribution in [3.05, 3.63) is 71.7 Å². The van der Waals surface area contributed by atoms with Crippen LogP contribution in [0.4, 0.5) is 17.5 Å². The first-order chi connectivity index (χ1) is 15.1. The van der Waals surface area contributed by atoms with Gasteiger partial charge in [-0.2, -0.15) is 10.1 Å². The molecule has 0 saturated carbocycles. The topological polar surface area (TPSA) is 94.0 Å². The number of rotatable bonds is 12. The maximum Gasteiger partial charge on any atom is 0.229 e. The standard InChI is InChI=1S/C22H25ClN6O2/c1-3-19(30)11-16-6-5-7-17(10-16)12-24-21-20(23)14-25-22(28-21)27-18-13-26-29(15-18)8-9-31-4-2/h3,5-7,10,13-15H,1,4,8-9,11-12H2,2H3,(H2,24,25,27,28). The van der Waals surface area contributed by atoms with Crippen LogP contribution in [-0.4, -0.2) is 38.7 Å². The first kappa shape index (κ1) is 22.5. The van der Waals surface area contributed by atoms with Crippen molar-refractivity contribution in [2.75, 3.05) is 23.8 Å². The molecule has 2 aromatic heterocycles. The number of hydrogen-bond donors (Lipinski definition) is 2. The van der Waals surface area contributed by atoms with Gasteiger partial charge in [-0.25, -0.2) is 4.98 Å². The van der Waals surface area contributed by atoms with Crippen molar-refractivity contribution in [2.45, 2.75) is 26.4 Å². The highest BCUT2D eigenvalue weighted by molar-refractivity contribution is 6.32. The Hall–Kier alpha value is -3.23. The number of nitrogens with one attached hydrogen (secondary N) is 2. The van der Waals surface area contributed by atoms with Crippen LogP contribution >= 0.6 is 11.6 Å². The number of ketones is 1. The predicted octanol–water partition coefficient (Wildman–Crippen LogP) is 4.02. The lowest BCUT2D eigenvalue weighted by Crippen LogP contribution is -2.06. The number of ether oxygens (including phenoxy) is 1. The van der Waals surface area contributed by atoms with E-state index in [9.17, 15) is 4.79 Å². The number of hydrogen-bond acceptors (Lipinski definition) is 7. The lowest BCUT2D eigenvalue weighted by Gasteiger charge is -2.10. The SMILES string of the molecule is C=CC(=O)Cc1cccc(CNc2nc(Nc3cnn(CCOCC)c3)ncc2Cl)c1. The van der Waals surface area contributed by atoms with Crippen LogP contribution < -0.4 is 10.6 Å². The van der Waals surface area contributed by atoms with E-state index in [-0.39, 0.29) is 5.78 Å². The third-order valence-corrected chi connectivity index (χ3v) is 4.64. The summed E-state index contributed by atoms with van der Waals surface area (Å²) in [7, 11) is 0. The number of halogens is 1. The van der Waals surface area contributed by atoms with Gasteiger partial charge in [0.05, 0.1) is 31.2 Å². The minimum Gasteiger partial charge on any atom is -0.380 e. The lowest BCUT2D eigenvalue weighted by atomic mass is 10.1. The molecule has 9 heteroatoms. The van der Waals surface area contributed by atoms with Crippen molar-refractivity contribution in [3.63, 3.8) is 0 Å². The van der Waals surface area contributed by atoms with E-state index in [1.807, 2.05) is 37.4 Å². The van der Waals surface area contributed by atoms with E-state index in [1.54, 1.807) is 10.9 Å². The van der Waals surface area contributed by atoms with E-state index in [0.29, 0.717) is 49.5 Å². The van der Waals surface area contributed by atoms with Crippen molar-refractivity contribution in [3.8, 4) is 0 Å². The summed E-state index contributed by atoms with van der Waals surface area (Å²) >= 11 is 6.26. The number of aromatic nitrogens is 4. The minimum absolute atomic E-state index is 0.0131. The Balaban J connectivity index is 1.62. The fraction of sp³-hybridized carbons (Fsp3) is 0.273. The smallest absolute Gasteiger partial charge is 0.229 e. The lowest BCUT2D eigenvalue weighted by molar-refractivity contribution is -0.114. The molecule has 0 unspecified atom stereocenters. The third-order valence-electron chi connectivity index (χ3n) is 4.36. The van der Waals surface area contributed by atoms with Crippen molar-refractivity contribution in [1.82, 2.24) is 19.7 Å². The summed E-state index contributed by atoms with van der Waals surface area (Å²) in [5.41, 5.74) is 2.71. The van der Waals surface area contributed by atoms with E-state index in [2.05, 4.69) is 32.3 Å². The van der Waals surface area contributed by atoms with Gasteiger partial charge < -0.3 is 15.4 Å². The Morgan fingerprint density at radius 1 is 1.32 bits per heavy atom. The minimum atomic E-state index is -0.0131. The Bertz CT molecular complexity index is 1040. The van der Waals surface area contributed by atoms with Gasteiger partial charge in [0.15, 0.2) is 11.6 Å². The molecule has 0 spiro atoms. The van der Waals surface area contributed by atoms with Gasteiger partial charge >= 0.3 is 0 Å². The molecule has 0 saturated heterocycles. The number of carbonyl (C=O) groups is 1. The molecule has 0 atom stereocenters. The first-order valence-corrected chi connectivity index (χ1v) is 10.3. The molecule has 2 heterocycles. The van der Waals surface area contributed by atoms with Gasteiger partial charge in [-0.3, -0.25) is 9.48 Å². The largest absolute Gasteiger partial charge is 0.380 e. The highest BCUT2D eigenvalue weighted by Crippen LogP contribution is 2.22. The summed E-state index contributed by atoms with van der Waals surface area (Å²) in [5.74, 6) is 0.901. The Morgan fingerprint density at radius 3 is 2.97 bits per heavy atom. The number of anilines is 3. The van der Waals surface area contributed by atoms with E-state index >= 15 is 0 Å². The highest BCUT2D eigenvalue weighted by Gasteiger charge is 2.08. The Labute approximate surface area is 186 Å². The summed E-state index contributed by atoms with van der Waals surface area (Å²) < 4.78 is 7.13. The summed E-state index contributed by atoms with van der Waals surface area (Å²) in [6.07, 6.45) is 6.77. The van der Waals surface area contributed by atoms with Crippen LogP contribution in [0.25, 0.3) is 0 Å². The van der Waals surface area contributed by atoms with Gasteiger partial charge in [-0.1, -0.05) is 42.4 Å². The van der Waals surface area contributed by atoms with Crippen molar-refractivity contribution < 1.29 is 9.53 Å². The van der Waals surface area contributed by atoms with Gasteiger partial charge in [0.2, 0.25) is 5.95 Å². The summed E-state index contributed by atoms with van der Waals surface area (Å²) in [5, 5.41) is 11.0. The number of benzene rings is 1. The average molecular weight is 441 g/mol. The molecule has 0 aliphatic heterocycles. The zero-order valence-electron chi connectivity index (χ0n) is 17.3. The maximum atomic E-state index is 11.6. The third kappa shape index (κ3) is 6.91. The van der Waals surface area contributed by atoms with Gasteiger partial charge in [-0.05, 0) is 24.1 Å². The molecule has 0 radical (unpaired) electrons. The molecule has 0 fully saturated rings. The number of allylic oxidation sites excluding steroid dienone is 1. The van der Waals surface area contributed by atoms with Crippen LogP contribution in [0.15, 0.2) is 55.5 Å². The van der Waals surface area contributed by atoms with Crippen molar-refractivity contribution in [2.24, 2.45) is 0 Å². The maximum absolute atomic E-state index is 11.6. The van der Waals surface area contributed by atoms with Crippen LogP contribution in [0.1, 0.15) is 18.1 Å². The van der Waals surface area contributed by atoms with Gasteiger partial charge in [0.25, 0.3) is 0 Å². The Kier molecular flexibility index (Phi) is 8.14. The second-order valence-electron chi connectivity index (χ2n) is 6.72. The van der Waals surface area contributed by atoms with E-state index in [1.165, 1.54) is 12.3 Å². The van der Waals surface area contributed by atoms with Crippen LogP contribution in [0.3, 0.4) is 0 Å². The summed E-state index contributed by atoms with van der Waals surface area (Å²) in [6.45, 7) is 7.92. The molecule has 2 N–H and O–H groups in total. The van der Waals surface area contributed by atoms with E-state index < -0.39 is 0 Å². The molecule has 3 rings (SSSR count). The zero-order chi connectivity index (χ0) is 22.1. The van der Waals surface area contributed by atoms with Gasteiger partial charge in [-0.15, -0.1) is 0 Å². The Morgan fingerprint density at radius 2 is 2.16 bits per heavy atom. The number of nitrogens with zero attached hydrogens (tertiary/aromatic N) is 4. The second kappa shape index (κ2) is 11.2. The molecule has 31 heavy (non-hydrogen) atoms. The van der Waals surface area contributed by atoms with Gasteiger partial charge in [0, 0.05) is 25.8 Å². The molecular formula is C22H25ClN6O2. The van der Waals surface area contributed by atoms with Crippen LogP contribution in [-0.2, 0) is 29.0 Å². The number of carbonyl (C=O) groups excluding carboxylic acids is 1. The van der Waals surface area contributed by atoms with Crippen LogP contribution in [0.2, 0.25) is 5.02 Å². The molecule has 0 aliphatic carbocycles. The summed E-state index contributed by atoms with van der Waals surface area (Å²) in [6, 6.07) is 7.78.